The third-order valence-electron chi connectivity index (χ3n) is 2.45. The van der Waals surface area contributed by atoms with E-state index in [-0.39, 0.29) is 11.3 Å². The minimum atomic E-state index is -4.46. The summed E-state index contributed by atoms with van der Waals surface area (Å²) in [6.07, 6.45) is -7.31. The lowest BCUT2D eigenvalue weighted by Gasteiger charge is -2.08. The first-order valence-corrected chi connectivity index (χ1v) is 5.65. The molecule has 8 heteroatoms. The van der Waals surface area contributed by atoms with Crippen molar-refractivity contribution in [3.63, 3.8) is 0 Å². The van der Waals surface area contributed by atoms with Crippen LogP contribution < -0.4 is 0 Å². The van der Waals surface area contributed by atoms with Crippen LogP contribution >= 0.6 is 11.6 Å². The van der Waals surface area contributed by atoms with Gasteiger partial charge in [0, 0.05) is 5.56 Å². The standard InChI is InChI=1S/C12H6ClF5N2/c13-11-19-8(5-9(20-11)10(14)15)6-1-3-7(4-2-6)12(16,17)18/h1-5,10H. The summed E-state index contributed by atoms with van der Waals surface area (Å²) < 4.78 is 62.4. The van der Waals surface area contributed by atoms with Crippen LogP contribution in [0.25, 0.3) is 11.3 Å². The number of hydrogen-bond donors (Lipinski definition) is 0. The fourth-order valence-corrected chi connectivity index (χ4v) is 1.71. The highest BCUT2D eigenvalue weighted by Gasteiger charge is 2.30. The zero-order valence-corrected chi connectivity index (χ0v) is 10.4. The van der Waals surface area contributed by atoms with Gasteiger partial charge in [-0.3, -0.25) is 0 Å². The molecule has 106 valence electrons. The normalized spacial score (nSPS) is 11.9. The molecule has 0 saturated heterocycles. The van der Waals surface area contributed by atoms with Gasteiger partial charge in [-0.1, -0.05) is 12.1 Å². The molecule has 0 spiro atoms. The van der Waals surface area contributed by atoms with Crippen molar-refractivity contribution in [1.29, 1.82) is 0 Å². The summed E-state index contributed by atoms with van der Waals surface area (Å²) in [6.45, 7) is 0. The summed E-state index contributed by atoms with van der Waals surface area (Å²) in [5.41, 5.74) is -1.14. The lowest BCUT2D eigenvalue weighted by atomic mass is 10.1. The van der Waals surface area contributed by atoms with E-state index in [4.69, 9.17) is 11.6 Å². The Morgan fingerprint density at radius 3 is 2.10 bits per heavy atom. The van der Waals surface area contributed by atoms with Crippen LogP contribution in [0.4, 0.5) is 22.0 Å². The van der Waals surface area contributed by atoms with Gasteiger partial charge in [0.05, 0.1) is 11.3 Å². The minimum absolute atomic E-state index is 0.0361. The number of alkyl halides is 5. The fraction of sp³-hybridized carbons (Fsp3) is 0.167. The number of nitrogens with zero attached hydrogens (tertiary/aromatic N) is 2. The molecule has 1 aromatic carbocycles. The smallest absolute Gasteiger partial charge is 0.218 e. The molecule has 0 aliphatic carbocycles. The SMILES string of the molecule is FC(F)c1cc(-c2ccc(C(F)(F)F)cc2)nc(Cl)n1. The van der Waals surface area contributed by atoms with Crippen molar-refractivity contribution in [1.82, 2.24) is 9.97 Å². The molecule has 0 radical (unpaired) electrons. The lowest BCUT2D eigenvalue weighted by Crippen LogP contribution is -2.04. The van der Waals surface area contributed by atoms with Gasteiger partial charge < -0.3 is 0 Å². The van der Waals surface area contributed by atoms with E-state index in [9.17, 15) is 22.0 Å². The second kappa shape index (κ2) is 5.32. The van der Waals surface area contributed by atoms with Crippen molar-refractivity contribution in [3.8, 4) is 11.3 Å². The van der Waals surface area contributed by atoms with E-state index >= 15 is 0 Å². The van der Waals surface area contributed by atoms with E-state index in [2.05, 4.69) is 9.97 Å². The van der Waals surface area contributed by atoms with Crippen molar-refractivity contribution in [2.45, 2.75) is 12.6 Å². The Morgan fingerprint density at radius 2 is 1.60 bits per heavy atom. The second-order valence-electron chi connectivity index (χ2n) is 3.82. The van der Waals surface area contributed by atoms with Gasteiger partial charge in [0.2, 0.25) is 5.28 Å². The summed E-state index contributed by atoms with van der Waals surface area (Å²) in [5, 5.41) is -0.391. The summed E-state index contributed by atoms with van der Waals surface area (Å²) in [6, 6.07) is 4.94. The van der Waals surface area contributed by atoms with Crippen LogP contribution in [0.15, 0.2) is 30.3 Å². The molecule has 2 aromatic rings. The van der Waals surface area contributed by atoms with E-state index in [0.717, 1.165) is 30.3 Å². The highest BCUT2D eigenvalue weighted by molar-refractivity contribution is 6.28. The predicted octanol–water partition coefficient (Wildman–Crippen LogP) is 4.75. The molecule has 0 unspecified atom stereocenters. The second-order valence-corrected chi connectivity index (χ2v) is 4.16. The molecule has 0 aliphatic rings. The highest BCUT2D eigenvalue weighted by Crippen LogP contribution is 2.31. The molecule has 2 nitrogen and oxygen atoms in total. The summed E-state index contributed by atoms with van der Waals surface area (Å²) in [4.78, 5) is 7.06. The van der Waals surface area contributed by atoms with Gasteiger partial charge >= 0.3 is 6.18 Å². The van der Waals surface area contributed by atoms with E-state index in [1.165, 1.54) is 0 Å². The zero-order valence-electron chi connectivity index (χ0n) is 9.63. The maximum Gasteiger partial charge on any atom is 0.416 e. The van der Waals surface area contributed by atoms with Crippen LogP contribution in [-0.4, -0.2) is 9.97 Å². The Kier molecular flexibility index (Phi) is 3.89. The van der Waals surface area contributed by atoms with Gasteiger partial charge in [0.15, 0.2) is 0 Å². The molecule has 20 heavy (non-hydrogen) atoms. The Bertz CT molecular complexity index is 610. The molecule has 0 saturated carbocycles. The molecule has 2 rings (SSSR count). The Hall–Kier alpha value is -1.76. The van der Waals surface area contributed by atoms with Gasteiger partial charge in [0.25, 0.3) is 6.43 Å². The maximum absolute atomic E-state index is 12.6. The Labute approximate surface area is 115 Å². The van der Waals surface area contributed by atoms with Crippen LogP contribution in [0.2, 0.25) is 5.28 Å². The number of halogens is 6. The highest BCUT2D eigenvalue weighted by atomic mass is 35.5. The van der Waals surface area contributed by atoms with Crippen LogP contribution in [0.1, 0.15) is 17.7 Å². The number of hydrogen-bond acceptors (Lipinski definition) is 2. The van der Waals surface area contributed by atoms with Crippen LogP contribution in [0.3, 0.4) is 0 Å². The van der Waals surface area contributed by atoms with Crippen molar-refractivity contribution in [2.75, 3.05) is 0 Å². The van der Waals surface area contributed by atoms with Crippen molar-refractivity contribution >= 4 is 11.6 Å². The third kappa shape index (κ3) is 3.22. The monoisotopic (exact) mass is 308 g/mol. The van der Waals surface area contributed by atoms with E-state index in [1.54, 1.807) is 0 Å². The molecule has 0 N–H and O–H groups in total. The minimum Gasteiger partial charge on any atom is -0.218 e. The first-order chi connectivity index (χ1) is 9.27. The third-order valence-corrected chi connectivity index (χ3v) is 2.62. The van der Waals surface area contributed by atoms with Crippen LogP contribution in [0.5, 0.6) is 0 Å². The van der Waals surface area contributed by atoms with Gasteiger partial charge in [-0.25, -0.2) is 18.7 Å². The van der Waals surface area contributed by atoms with E-state index < -0.39 is 29.1 Å². The largest absolute Gasteiger partial charge is 0.416 e. The quantitative estimate of drug-likeness (QED) is 0.591. The van der Waals surface area contributed by atoms with Gasteiger partial charge in [-0.05, 0) is 29.8 Å². The van der Waals surface area contributed by atoms with Crippen LogP contribution in [0, 0.1) is 0 Å². The number of benzene rings is 1. The van der Waals surface area contributed by atoms with Gasteiger partial charge in [0.1, 0.15) is 5.69 Å². The topological polar surface area (TPSA) is 25.8 Å². The van der Waals surface area contributed by atoms with Gasteiger partial charge in [-0.15, -0.1) is 0 Å². The molecule has 0 amide bonds. The number of aromatic nitrogens is 2. The summed E-state index contributed by atoms with van der Waals surface area (Å²) in [5.74, 6) is 0. The van der Waals surface area contributed by atoms with Crippen molar-refractivity contribution < 1.29 is 22.0 Å². The molecule has 0 atom stereocenters. The molecule has 0 bridgehead atoms. The molecular formula is C12H6ClF5N2. The lowest BCUT2D eigenvalue weighted by molar-refractivity contribution is -0.137. The van der Waals surface area contributed by atoms with Crippen molar-refractivity contribution in [2.24, 2.45) is 0 Å². The average molecular weight is 309 g/mol. The number of rotatable bonds is 2. The van der Waals surface area contributed by atoms with Gasteiger partial charge in [-0.2, -0.15) is 13.2 Å². The summed E-state index contributed by atoms with van der Waals surface area (Å²) >= 11 is 5.51. The van der Waals surface area contributed by atoms with E-state index in [0.29, 0.717) is 0 Å². The molecule has 1 heterocycles. The Balaban J connectivity index is 2.41. The fourth-order valence-electron chi connectivity index (χ4n) is 1.53. The maximum atomic E-state index is 12.6. The Morgan fingerprint density at radius 1 is 1.00 bits per heavy atom. The predicted molar refractivity (Wildman–Crippen MR) is 62.4 cm³/mol. The first kappa shape index (κ1) is 14.6. The first-order valence-electron chi connectivity index (χ1n) is 5.27. The molecule has 1 aromatic heterocycles. The molecular weight excluding hydrogens is 303 g/mol. The van der Waals surface area contributed by atoms with Crippen molar-refractivity contribution in [3.05, 3.63) is 46.9 Å². The average Bonchev–Trinajstić information content (AvgIpc) is 2.37. The van der Waals surface area contributed by atoms with E-state index in [1.807, 2.05) is 0 Å². The molecule has 0 fully saturated rings. The summed E-state index contributed by atoms with van der Waals surface area (Å²) in [7, 11) is 0. The molecule has 0 aliphatic heterocycles. The zero-order chi connectivity index (χ0) is 14.9. The van der Waals surface area contributed by atoms with Crippen LogP contribution in [-0.2, 0) is 6.18 Å².